The standard InChI is InChI=1S/C8H9N3/c9-11-7-10-6-8-4-2-1-3-5-8/h1-5H,6,9H2. The van der Waals surface area contributed by atoms with Crippen molar-refractivity contribution in [3.05, 3.63) is 35.9 Å². The number of hydrogen-bond donors (Lipinski definition) is 1. The molecule has 1 aromatic rings. The number of rotatable bonds is 2. The highest BCUT2D eigenvalue weighted by Crippen LogP contribution is 1.98. The van der Waals surface area contributed by atoms with E-state index in [-0.39, 0.29) is 0 Å². The lowest BCUT2D eigenvalue weighted by molar-refractivity contribution is 1.07. The van der Waals surface area contributed by atoms with Crippen molar-refractivity contribution in [2.24, 2.45) is 15.9 Å². The first-order valence-electron chi connectivity index (χ1n) is 3.29. The van der Waals surface area contributed by atoms with Gasteiger partial charge in [-0.15, -0.1) is 5.10 Å². The molecule has 1 aromatic carbocycles. The summed E-state index contributed by atoms with van der Waals surface area (Å²) >= 11 is 0. The van der Waals surface area contributed by atoms with Gasteiger partial charge < -0.3 is 5.84 Å². The van der Waals surface area contributed by atoms with E-state index >= 15 is 0 Å². The second kappa shape index (κ2) is 4.25. The highest BCUT2D eigenvalue weighted by molar-refractivity contribution is 5.40. The molecule has 0 aliphatic heterocycles. The Kier molecular flexibility index (Phi) is 2.90. The van der Waals surface area contributed by atoms with Crippen LogP contribution in [0.4, 0.5) is 0 Å². The molecular weight excluding hydrogens is 138 g/mol. The summed E-state index contributed by atoms with van der Waals surface area (Å²) in [5, 5.41) is 3.13. The molecule has 0 amide bonds. The fraction of sp³-hybridized carbons (Fsp3) is 0.125. The molecule has 0 atom stereocenters. The van der Waals surface area contributed by atoms with Gasteiger partial charge in [0, 0.05) is 0 Å². The number of hydrazone groups is 1. The quantitative estimate of drug-likeness (QED) is 0.382. The largest absolute Gasteiger partial charge is 0.314 e. The first-order valence-corrected chi connectivity index (χ1v) is 3.29. The smallest absolute Gasteiger partial charge is 0.114 e. The van der Waals surface area contributed by atoms with Crippen LogP contribution in [0.1, 0.15) is 5.56 Å². The van der Waals surface area contributed by atoms with Crippen molar-refractivity contribution in [1.82, 2.24) is 0 Å². The van der Waals surface area contributed by atoms with Crippen molar-refractivity contribution in [3.63, 3.8) is 0 Å². The minimum absolute atomic E-state index is 0.585. The zero-order valence-corrected chi connectivity index (χ0v) is 6.07. The van der Waals surface area contributed by atoms with Crippen LogP contribution < -0.4 is 5.84 Å². The Hall–Kier alpha value is -1.60. The van der Waals surface area contributed by atoms with Crippen molar-refractivity contribution >= 4 is 6.01 Å². The topological polar surface area (TPSA) is 50.7 Å². The van der Waals surface area contributed by atoms with Gasteiger partial charge >= 0.3 is 0 Å². The van der Waals surface area contributed by atoms with Crippen molar-refractivity contribution in [2.75, 3.05) is 0 Å². The number of aliphatic imine (C=N–C) groups is 1. The van der Waals surface area contributed by atoms with Crippen molar-refractivity contribution in [3.8, 4) is 0 Å². The first kappa shape index (κ1) is 7.51. The number of nitrogens with zero attached hydrogens (tertiary/aromatic N) is 2. The van der Waals surface area contributed by atoms with Gasteiger partial charge in [-0.05, 0) is 5.56 Å². The van der Waals surface area contributed by atoms with Crippen LogP contribution in [0.5, 0.6) is 0 Å². The number of nitrogens with two attached hydrogens (primary N) is 1. The summed E-state index contributed by atoms with van der Waals surface area (Å²) in [7, 11) is 0. The molecule has 0 aliphatic carbocycles. The molecule has 0 saturated carbocycles. The average Bonchev–Trinajstić information content (AvgIpc) is 2.07. The minimum Gasteiger partial charge on any atom is -0.314 e. The number of benzene rings is 1. The van der Waals surface area contributed by atoms with Gasteiger partial charge in [0.2, 0.25) is 0 Å². The molecule has 1 rings (SSSR count). The molecule has 0 radical (unpaired) electrons. The summed E-state index contributed by atoms with van der Waals surface area (Å²) in [6.45, 7) is 0.585. The van der Waals surface area contributed by atoms with Gasteiger partial charge in [-0.2, -0.15) is 0 Å². The third kappa shape index (κ3) is 2.65. The second-order valence-electron chi connectivity index (χ2n) is 2.03. The van der Waals surface area contributed by atoms with Gasteiger partial charge in [-0.1, -0.05) is 30.3 Å². The Labute approximate surface area is 65.3 Å². The van der Waals surface area contributed by atoms with E-state index in [0.717, 1.165) is 5.56 Å². The molecule has 56 valence electrons. The maximum Gasteiger partial charge on any atom is 0.114 e. The van der Waals surface area contributed by atoms with Gasteiger partial charge in [0.15, 0.2) is 0 Å². The number of hydrogen-bond acceptors (Lipinski definition) is 3. The van der Waals surface area contributed by atoms with E-state index in [1.807, 2.05) is 30.3 Å². The lowest BCUT2D eigenvalue weighted by Gasteiger charge is -1.90. The minimum atomic E-state index is 0.585. The van der Waals surface area contributed by atoms with Crippen LogP contribution in [0, 0.1) is 0 Å². The highest BCUT2D eigenvalue weighted by atomic mass is 15.1. The van der Waals surface area contributed by atoms with E-state index in [1.54, 1.807) is 0 Å². The van der Waals surface area contributed by atoms with Crippen molar-refractivity contribution < 1.29 is 0 Å². The Bertz CT molecular complexity index is 260. The Morgan fingerprint density at radius 3 is 2.64 bits per heavy atom. The Morgan fingerprint density at radius 1 is 1.27 bits per heavy atom. The maximum absolute atomic E-state index is 4.81. The summed E-state index contributed by atoms with van der Waals surface area (Å²) in [6.07, 6.45) is 0. The predicted molar refractivity (Wildman–Crippen MR) is 44.2 cm³/mol. The van der Waals surface area contributed by atoms with Crippen LogP contribution in [0.3, 0.4) is 0 Å². The summed E-state index contributed by atoms with van der Waals surface area (Å²) in [4.78, 5) is 3.82. The molecule has 3 nitrogen and oxygen atoms in total. The predicted octanol–water partition coefficient (Wildman–Crippen LogP) is 1.23. The molecule has 0 fully saturated rings. The van der Waals surface area contributed by atoms with Crippen LogP contribution in [0.2, 0.25) is 0 Å². The van der Waals surface area contributed by atoms with Gasteiger partial charge in [-0.3, -0.25) is 0 Å². The van der Waals surface area contributed by atoms with Gasteiger partial charge in [0.05, 0.1) is 6.54 Å². The fourth-order valence-electron chi connectivity index (χ4n) is 0.751. The van der Waals surface area contributed by atoms with Crippen molar-refractivity contribution in [2.45, 2.75) is 6.54 Å². The molecule has 0 heterocycles. The third-order valence-electron chi connectivity index (χ3n) is 1.23. The third-order valence-corrected chi connectivity index (χ3v) is 1.23. The van der Waals surface area contributed by atoms with Crippen LogP contribution in [-0.4, -0.2) is 6.01 Å². The van der Waals surface area contributed by atoms with Gasteiger partial charge in [0.25, 0.3) is 0 Å². The molecule has 0 unspecified atom stereocenters. The molecule has 11 heavy (non-hydrogen) atoms. The molecule has 2 N–H and O–H groups in total. The molecule has 0 aliphatic rings. The fourth-order valence-corrected chi connectivity index (χ4v) is 0.751. The second-order valence-corrected chi connectivity index (χ2v) is 2.03. The maximum atomic E-state index is 4.81. The molecule has 0 spiro atoms. The summed E-state index contributed by atoms with van der Waals surface area (Å²) in [6, 6.07) is 12.2. The lowest BCUT2D eigenvalue weighted by atomic mass is 10.2. The first-order chi connectivity index (χ1) is 5.43. The van der Waals surface area contributed by atoms with Crippen LogP contribution in [0.25, 0.3) is 0 Å². The normalized spacial score (nSPS) is 8.36. The van der Waals surface area contributed by atoms with E-state index in [0.29, 0.717) is 6.54 Å². The molecular formula is C8H9N3. The highest BCUT2D eigenvalue weighted by Gasteiger charge is 1.84. The SMILES string of the molecule is NN=C=NCc1ccccc1. The molecule has 0 saturated heterocycles. The monoisotopic (exact) mass is 147 g/mol. The van der Waals surface area contributed by atoms with Gasteiger partial charge in [0.1, 0.15) is 6.01 Å². The average molecular weight is 147 g/mol. The van der Waals surface area contributed by atoms with E-state index in [2.05, 4.69) is 16.1 Å². The zero-order valence-electron chi connectivity index (χ0n) is 6.07. The van der Waals surface area contributed by atoms with E-state index in [1.165, 1.54) is 0 Å². The van der Waals surface area contributed by atoms with Gasteiger partial charge in [-0.25, -0.2) is 4.99 Å². The summed E-state index contributed by atoms with van der Waals surface area (Å²) in [5.41, 5.74) is 1.13. The summed E-state index contributed by atoms with van der Waals surface area (Å²) < 4.78 is 0. The zero-order chi connectivity index (χ0) is 7.94. The molecule has 0 bridgehead atoms. The Balaban J connectivity index is 2.59. The van der Waals surface area contributed by atoms with Crippen LogP contribution >= 0.6 is 0 Å². The van der Waals surface area contributed by atoms with Crippen molar-refractivity contribution in [1.29, 1.82) is 0 Å². The molecule has 0 aromatic heterocycles. The lowest BCUT2D eigenvalue weighted by Crippen LogP contribution is -1.79. The van der Waals surface area contributed by atoms with Crippen LogP contribution in [-0.2, 0) is 6.54 Å². The van der Waals surface area contributed by atoms with E-state index in [4.69, 9.17) is 5.84 Å². The van der Waals surface area contributed by atoms with Crippen LogP contribution in [0.15, 0.2) is 40.4 Å². The van der Waals surface area contributed by atoms with E-state index in [9.17, 15) is 0 Å². The van der Waals surface area contributed by atoms with E-state index < -0.39 is 0 Å². The summed E-state index contributed by atoms with van der Waals surface area (Å²) in [5.74, 6) is 4.81. The Morgan fingerprint density at radius 2 is 2.00 bits per heavy atom. The molecule has 3 heteroatoms.